The zero-order valence-corrected chi connectivity index (χ0v) is 10.7. The zero-order chi connectivity index (χ0) is 12.3. The Hall–Kier alpha value is -1.61. The van der Waals surface area contributed by atoms with Crippen LogP contribution in [0.2, 0.25) is 0 Å². The van der Waals surface area contributed by atoms with E-state index in [9.17, 15) is 0 Å². The summed E-state index contributed by atoms with van der Waals surface area (Å²) in [4.78, 5) is 0. The van der Waals surface area contributed by atoms with Crippen LogP contribution in [-0.2, 0) is 20.1 Å². The average molecular weight is 229 g/mol. The Morgan fingerprint density at radius 2 is 1.82 bits per heavy atom. The number of hydrogen-bond donors (Lipinski definition) is 1. The van der Waals surface area contributed by atoms with Crippen molar-refractivity contribution < 1.29 is 0 Å². The number of aryl methyl sites for hydroxylation is 3. The lowest BCUT2D eigenvalue weighted by Crippen LogP contribution is -2.16. The predicted octanol–water partition coefficient (Wildman–Crippen LogP) is 2.33. The number of rotatable bonds is 4. The van der Waals surface area contributed by atoms with Crippen LogP contribution in [0, 0.1) is 13.8 Å². The van der Waals surface area contributed by atoms with Crippen molar-refractivity contribution in [3.8, 4) is 0 Å². The second kappa shape index (κ2) is 5.15. The van der Waals surface area contributed by atoms with Crippen LogP contribution < -0.4 is 5.32 Å². The molecular weight excluding hydrogens is 210 g/mol. The monoisotopic (exact) mass is 229 g/mol. The lowest BCUT2D eigenvalue weighted by Gasteiger charge is -2.11. The van der Waals surface area contributed by atoms with E-state index in [1.165, 1.54) is 22.4 Å². The molecule has 3 nitrogen and oxygen atoms in total. The summed E-state index contributed by atoms with van der Waals surface area (Å²) in [6.45, 7) is 6.08. The number of hydrogen-bond acceptors (Lipinski definition) is 2. The van der Waals surface area contributed by atoms with E-state index in [1.54, 1.807) is 0 Å². The van der Waals surface area contributed by atoms with Crippen molar-refractivity contribution >= 4 is 0 Å². The van der Waals surface area contributed by atoms with Gasteiger partial charge in [-0.25, -0.2) is 0 Å². The molecule has 0 unspecified atom stereocenters. The highest BCUT2D eigenvalue weighted by Crippen LogP contribution is 2.12. The van der Waals surface area contributed by atoms with Gasteiger partial charge < -0.3 is 5.32 Å². The summed E-state index contributed by atoms with van der Waals surface area (Å²) in [7, 11) is 1.97. The van der Waals surface area contributed by atoms with Gasteiger partial charge in [-0.15, -0.1) is 0 Å². The van der Waals surface area contributed by atoms with Crippen molar-refractivity contribution in [1.29, 1.82) is 0 Å². The van der Waals surface area contributed by atoms with E-state index >= 15 is 0 Å². The normalized spacial score (nSPS) is 10.8. The van der Waals surface area contributed by atoms with E-state index in [4.69, 9.17) is 0 Å². The molecule has 0 bridgehead atoms. The second-order valence-corrected chi connectivity index (χ2v) is 4.42. The third kappa shape index (κ3) is 2.74. The molecule has 0 saturated carbocycles. The van der Waals surface area contributed by atoms with Crippen LogP contribution in [0.5, 0.6) is 0 Å². The SMILES string of the molecule is Cc1cccc(C)c1CNCc1ccnn1C. The third-order valence-electron chi connectivity index (χ3n) is 3.17. The van der Waals surface area contributed by atoms with Crippen LogP contribution in [0.3, 0.4) is 0 Å². The topological polar surface area (TPSA) is 29.9 Å². The molecule has 0 spiro atoms. The minimum atomic E-state index is 0.851. The van der Waals surface area contributed by atoms with Crippen LogP contribution in [0.4, 0.5) is 0 Å². The maximum Gasteiger partial charge on any atom is 0.0518 e. The summed E-state index contributed by atoms with van der Waals surface area (Å²) in [6, 6.07) is 8.47. The Kier molecular flexibility index (Phi) is 3.59. The van der Waals surface area contributed by atoms with Gasteiger partial charge in [0.05, 0.1) is 5.69 Å². The van der Waals surface area contributed by atoms with Crippen molar-refractivity contribution in [2.24, 2.45) is 7.05 Å². The summed E-state index contributed by atoms with van der Waals surface area (Å²) in [5.41, 5.74) is 5.30. The fraction of sp³-hybridized carbons (Fsp3) is 0.357. The molecule has 90 valence electrons. The Morgan fingerprint density at radius 3 is 2.41 bits per heavy atom. The standard InChI is InChI=1S/C14H19N3/c1-11-5-4-6-12(2)14(11)10-15-9-13-7-8-16-17(13)3/h4-8,15H,9-10H2,1-3H3. The maximum atomic E-state index is 4.15. The fourth-order valence-corrected chi connectivity index (χ4v) is 2.02. The van der Waals surface area contributed by atoms with E-state index in [0.717, 1.165) is 13.1 Å². The molecule has 0 radical (unpaired) electrons. The van der Waals surface area contributed by atoms with Gasteiger partial charge in [-0.05, 0) is 36.6 Å². The zero-order valence-electron chi connectivity index (χ0n) is 10.7. The first kappa shape index (κ1) is 11.9. The van der Waals surface area contributed by atoms with Crippen molar-refractivity contribution in [3.63, 3.8) is 0 Å². The Balaban J connectivity index is 1.97. The highest BCUT2D eigenvalue weighted by molar-refractivity contribution is 5.33. The maximum absolute atomic E-state index is 4.15. The lowest BCUT2D eigenvalue weighted by molar-refractivity contribution is 0.624. The predicted molar refractivity (Wildman–Crippen MR) is 69.7 cm³/mol. The molecule has 3 heteroatoms. The first-order valence-electron chi connectivity index (χ1n) is 5.91. The molecule has 0 aliphatic carbocycles. The molecular formula is C14H19N3. The Morgan fingerprint density at radius 1 is 1.12 bits per heavy atom. The summed E-state index contributed by atoms with van der Waals surface area (Å²) in [5.74, 6) is 0. The number of nitrogens with one attached hydrogen (secondary N) is 1. The van der Waals surface area contributed by atoms with Gasteiger partial charge >= 0.3 is 0 Å². The summed E-state index contributed by atoms with van der Waals surface area (Å²) in [6.07, 6.45) is 1.83. The average Bonchev–Trinajstić information content (AvgIpc) is 2.69. The van der Waals surface area contributed by atoms with Gasteiger partial charge in [0.1, 0.15) is 0 Å². The van der Waals surface area contributed by atoms with Gasteiger partial charge in [-0.3, -0.25) is 4.68 Å². The van der Waals surface area contributed by atoms with Gasteiger partial charge in [0.2, 0.25) is 0 Å². The smallest absolute Gasteiger partial charge is 0.0518 e. The van der Waals surface area contributed by atoms with Crippen molar-refractivity contribution in [1.82, 2.24) is 15.1 Å². The molecule has 0 aliphatic heterocycles. The molecule has 0 saturated heterocycles. The Bertz CT molecular complexity index is 480. The number of aromatic nitrogens is 2. The van der Waals surface area contributed by atoms with Gasteiger partial charge in [0, 0.05) is 26.3 Å². The lowest BCUT2D eigenvalue weighted by atomic mass is 10.0. The highest BCUT2D eigenvalue weighted by Gasteiger charge is 2.02. The van der Waals surface area contributed by atoms with Gasteiger partial charge in [-0.2, -0.15) is 5.10 Å². The van der Waals surface area contributed by atoms with Crippen molar-refractivity contribution in [2.75, 3.05) is 0 Å². The fourth-order valence-electron chi connectivity index (χ4n) is 2.02. The molecule has 2 rings (SSSR count). The molecule has 0 aliphatic rings. The van der Waals surface area contributed by atoms with Gasteiger partial charge in [-0.1, -0.05) is 18.2 Å². The molecule has 0 amide bonds. The van der Waals surface area contributed by atoms with E-state index in [2.05, 4.69) is 42.5 Å². The van der Waals surface area contributed by atoms with Crippen LogP contribution in [0.15, 0.2) is 30.5 Å². The van der Waals surface area contributed by atoms with Crippen LogP contribution in [0.25, 0.3) is 0 Å². The third-order valence-corrected chi connectivity index (χ3v) is 3.17. The van der Waals surface area contributed by atoms with Crippen molar-refractivity contribution in [2.45, 2.75) is 26.9 Å². The minimum Gasteiger partial charge on any atom is -0.307 e. The van der Waals surface area contributed by atoms with Gasteiger partial charge in [0.15, 0.2) is 0 Å². The molecule has 0 fully saturated rings. The van der Waals surface area contributed by atoms with Crippen LogP contribution in [-0.4, -0.2) is 9.78 Å². The molecule has 17 heavy (non-hydrogen) atoms. The quantitative estimate of drug-likeness (QED) is 0.872. The largest absolute Gasteiger partial charge is 0.307 e. The summed E-state index contributed by atoms with van der Waals surface area (Å²) in [5, 5.41) is 7.62. The molecule has 1 aromatic heterocycles. The summed E-state index contributed by atoms with van der Waals surface area (Å²) < 4.78 is 1.90. The second-order valence-electron chi connectivity index (χ2n) is 4.42. The van der Waals surface area contributed by atoms with Crippen LogP contribution in [0.1, 0.15) is 22.4 Å². The van der Waals surface area contributed by atoms with Crippen LogP contribution >= 0.6 is 0 Å². The number of benzene rings is 1. The molecule has 1 aromatic carbocycles. The van der Waals surface area contributed by atoms with E-state index in [-0.39, 0.29) is 0 Å². The first-order chi connectivity index (χ1) is 8.18. The van der Waals surface area contributed by atoms with Gasteiger partial charge in [0.25, 0.3) is 0 Å². The number of nitrogens with zero attached hydrogens (tertiary/aromatic N) is 2. The molecule has 0 atom stereocenters. The molecule has 1 N–H and O–H groups in total. The van der Waals surface area contributed by atoms with E-state index in [0.29, 0.717) is 0 Å². The Labute approximate surface area is 102 Å². The first-order valence-corrected chi connectivity index (χ1v) is 5.91. The summed E-state index contributed by atoms with van der Waals surface area (Å²) >= 11 is 0. The molecule has 2 aromatic rings. The van der Waals surface area contributed by atoms with Crippen molar-refractivity contribution in [3.05, 3.63) is 52.8 Å². The highest BCUT2D eigenvalue weighted by atomic mass is 15.3. The minimum absolute atomic E-state index is 0.851. The van der Waals surface area contributed by atoms with E-state index in [1.807, 2.05) is 24.0 Å². The molecule has 1 heterocycles. The van der Waals surface area contributed by atoms with E-state index < -0.39 is 0 Å².